The Hall–Kier alpha value is -5.57. The Morgan fingerprint density at radius 1 is 0.714 bits per heavy atom. The first-order valence-corrected chi connectivity index (χ1v) is 19.3. The number of rotatable bonds is 11. The molecule has 0 radical (unpaired) electrons. The second-order valence-corrected chi connectivity index (χ2v) is 17.1. The van der Waals surface area contributed by atoms with E-state index >= 15 is 0 Å². The minimum Gasteiger partial charge on any atom is -0.456 e. The van der Waals surface area contributed by atoms with Crippen molar-refractivity contribution in [2.75, 3.05) is 26.4 Å². The van der Waals surface area contributed by atoms with Gasteiger partial charge in [-0.25, -0.2) is 4.79 Å². The van der Waals surface area contributed by atoms with Crippen LogP contribution in [0.3, 0.4) is 0 Å². The van der Waals surface area contributed by atoms with E-state index in [1.165, 1.54) is 30.3 Å². The number of carbonyl (C=O) groups excluding carboxylic acids is 4. The van der Waals surface area contributed by atoms with Gasteiger partial charge in [0, 0.05) is 40.9 Å². The van der Waals surface area contributed by atoms with Crippen molar-refractivity contribution in [3.63, 3.8) is 0 Å². The van der Waals surface area contributed by atoms with E-state index in [9.17, 15) is 27.6 Å². The Kier molecular flexibility index (Phi) is 10.9. The number of hydrogen-bond acceptors (Lipinski definition) is 12. The van der Waals surface area contributed by atoms with E-state index in [0.717, 1.165) is 5.56 Å². The lowest BCUT2D eigenvalue weighted by Crippen LogP contribution is -2.33. The second kappa shape index (κ2) is 15.2. The summed E-state index contributed by atoms with van der Waals surface area (Å²) in [7, 11) is -3.93. The van der Waals surface area contributed by atoms with Crippen LogP contribution in [0.2, 0.25) is 0 Å². The molecule has 1 spiro atoms. The Morgan fingerprint density at radius 3 is 1.82 bits per heavy atom. The molecule has 0 saturated carbocycles. The molecule has 4 aromatic carbocycles. The monoisotopic (exact) mass is 785 g/mol. The molecule has 0 fully saturated rings. The van der Waals surface area contributed by atoms with E-state index < -0.39 is 50.4 Å². The third-order valence-corrected chi connectivity index (χ3v) is 10.3. The average Bonchev–Trinajstić information content (AvgIpc) is 3.41. The van der Waals surface area contributed by atoms with Gasteiger partial charge in [0.15, 0.2) is 5.60 Å². The molecule has 0 atom stereocenters. The highest BCUT2D eigenvalue weighted by Crippen LogP contribution is 2.57. The van der Waals surface area contributed by atoms with Gasteiger partial charge >= 0.3 is 17.9 Å². The van der Waals surface area contributed by atoms with E-state index in [-0.39, 0.29) is 65.4 Å². The normalized spacial score (nSPS) is 14.2. The maximum atomic E-state index is 13.7. The Morgan fingerprint density at radius 2 is 1.27 bits per heavy atom. The minimum absolute atomic E-state index is 0.0264. The molecule has 2 heterocycles. The summed E-state index contributed by atoms with van der Waals surface area (Å²) < 4.78 is 59.1. The van der Waals surface area contributed by atoms with Gasteiger partial charge in [-0.15, -0.1) is 0 Å². The van der Waals surface area contributed by atoms with Crippen LogP contribution in [0.1, 0.15) is 84.5 Å². The summed E-state index contributed by atoms with van der Waals surface area (Å²) in [5.41, 5.74) is -0.528. The first-order valence-electron chi connectivity index (χ1n) is 17.9. The SMILES string of the molecule is Cc1ccc(S(=O)(=O)OCCOCCNC(=O)c2ccc3c(c2)C(=O)OC32c3ccc(OC(=O)C(C)(C)C)cc3Oc3cc(OC(=O)C(C)(C)C)ccc32)cc1. The largest absolute Gasteiger partial charge is 0.456 e. The van der Waals surface area contributed by atoms with Gasteiger partial charge in [-0.2, -0.15) is 8.42 Å². The topological polar surface area (TPSA) is 170 Å². The van der Waals surface area contributed by atoms with Gasteiger partial charge in [0.05, 0.1) is 41.1 Å². The molecule has 56 heavy (non-hydrogen) atoms. The standard InChI is InChI=1S/C42H43NO12S/c1-25-8-13-29(14-9-25)56(48,49)51-21-20-50-19-18-43-36(44)26-10-15-31-30(22-26)37(45)55-42(31)32-16-11-27(52-38(46)40(2,3)4)23-34(32)54-35-24-28(12-17-33(35)42)53-39(47)41(5,6)7/h8-17,22-24H,18-21H2,1-7H3,(H,43,44). The fourth-order valence-corrected chi connectivity index (χ4v) is 6.79. The lowest BCUT2D eigenvalue weighted by atomic mass is 9.77. The van der Waals surface area contributed by atoms with Crippen molar-refractivity contribution in [3.05, 3.63) is 112 Å². The van der Waals surface area contributed by atoms with Crippen molar-refractivity contribution in [2.45, 2.75) is 59.0 Å². The van der Waals surface area contributed by atoms with Crippen molar-refractivity contribution >= 4 is 33.9 Å². The maximum absolute atomic E-state index is 13.7. The van der Waals surface area contributed by atoms with E-state index in [1.807, 2.05) is 6.92 Å². The van der Waals surface area contributed by atoms with E-state index in [4.69, 9.17) is 27.9 Å². The van der Waals surface area contributed by atoms with Crippen molar-refractivity contribution in [1.82, 2.24) is 5.32 Å². The van der Waals surface area contributed by atoms with Crippen LogP contribution in [0.5, 0.6) is 23.0 Å². The third kappa shape index (κ3) is 8.18. The lowest BCUT2D eigenvalue weighted by molar-refractivity contribution is -0.143. The molecule has 1 amide bonds. The molecule has 13 nitrogen and oxygen atoms in total. The lowest BCUT2D eigenvalue weighted by Gasteiger charge is -2.36. The molecule has 6 rings (SSSR count). The molecule has 0 aromatic heterocycles. The number of fused-ring (bicyclic) bond motifs is 6. The number of carbonyl (C=O) groups is 4. The van der Waals surface area contributed by atoms with E-state index in [1.54, 1.807) is 90.1 Å². The van der Waals surface area contributed by atoms with Crippen molar-refractivity contribution in [1.29, 1.82) is 0 Å². The Balaban J connectivity index is 1.20. The van der Waals surface area contributed by atoms with Crippen LogP contribution in [-0.2, 0) is 39.0 Å². The summed E-state index contributed by atoms with van der Waals surface area (Å²) in [6, 6.07) is 20.5. The van der Waals surface area contributed by atoms with Crippen LogP contribution >= 0.6 is 0 Å². The maximum Gasteiger partial charge on any atom is 0.340 e. The van der Waals surface area contributed by atoms with Crippen molar-refractivity contribution in [3.8, 4) is 23.0 Å². The molecule has 0 bridgehead atoms. The van der Waals surface area contributed by atoms with Crippen LogP contribution in [-0.4, -0.2) is 58.6 Å². The zero-order valence-corrected chi connectivity index (χ0v) is 33.0. The summed E-state index contributed by atoms with van der Waals surface area (Å²) in [5.74, 6) is -1.22. The summed E-state index contributed by atoms with van der Waals surface area (Å²) in [6.07, 6.45) is 0. The third-order valence-electron chi connectivity index (χ3n) is 8.97. The first kappa shape index (κ1) is 40.1. The summed E-state index contributed by atoms with van der Waals surface area (Å²) in [4.78, 5) is 52.4. The van der Waals surface area contributed by atoms with Gasteiger partial charge in [0.2, 0.25) is 0 Å². The molecule has 1 N–H and O–H groups in total. The summed E-state index contributed by atoms with van der Waals surface area (Å²) in [6.45, 7) is 12.2. The highest BCUT2D eigenvalue weighted by Gasteiger charge is 2.54. The van der Waals surface area contributed by atoms with Gasteiger partial charge in [0.1, 0.15) is 23.0 Å². The smallest absolute Gasteiger partial charge is 0.340 e. The molecule has 294 valence electrons. The van der Waals surface area contributed by atoms with E-state index in [2.05, 4.69) is 5.32 Å². The number of aryl methyl sites for hydroxylation is 1. The van der Waals surface area contributed by atoms with Crippen LogP contribution in [0.25, 0.3) is 0 Å². The first-order chi connectivity index (χ1) is 26.3. The number of benzene rings is 4. The number of esters is 3. The highest BCUT2D eigenvalue weighted by molar-refractivity contribution is 7.86. The molecular weight excluding hydrogens is 743 g/mol. The number of ether oxygens (including phenoxy) is 5. The Labute approximate surface area is 325 Å². The number of amides is 1. The summed E-state index contributed by atoms with van der Waals surface area (Å²) >= 11 is 0. The molecule has 0 unspecified atom stereocenters. The van der Waals surface area contributed by atoms with Gasteiger partial charge in [-0.1, -0.05) is 23.8 Å². The fraction of sp³-hybridized carbons (Fsp3) is 0.333. The van der Waals surface area contributed by atoms with Crippen LogP contribution < -0.4 is 19.5 Å². The van der Waals surface area contributed by atoms with Gasteiger partial charge in [-0.05, 0) is 97.0 Å². The highest BCUT2D eigenvalue weighted by atomic mass is 32.2. The molecule has 2 aliphatic rings. The van der Waals surface area contributed by atoms with Gasteiger partial charge < -0.3 is 29.0 Å². The molecule has 2 aliphatic heterocycles. The molecule has 0 aliphatic carbocycles. The molecule has 0 saturated heterocycles. The predicted octanol–water partition coefficient (Wildman–Crippen LogP) is 6.62. The number of hydrogen-bond donors (Lipinski definition) is 1. The minimum atomic E-state index is -3.93. The Bertz CT molecular complexity index is 2240. The quantitative estimate of drug-likeness (QED) is 0.0748. The van der Waals surface area contributed by atoms with Crippen molar-refractivity contribution in [2.24, 2.45) is 10.8 Å². The van der Waals surface area contributed by atoms with Crippen LogP contribution in [0.15, 0.2) is 83.8 Å². The molecule has 14 heteroatoms. The predicted molar refractivity (Wildman–Crippen MR) is 202 cm³/mol. The zero-order valence-electron chi connectivity index (χ0n) is 32.1. The molecular formula is C42H43NO12S. The van der Waals surface area contributed by atoms with Gasteiger partial charge in [0.25, 0.3) is 16.0 Å². The van der Waals surface area contributed by atoms with Crippen molar-refractivity contribution < 1.29 is 55.5 Å². The zero-order chi connectivity index (χ0) is 40.6. The summed E-state index contributed by atoms with van der Waals surface area (Å²) in [5, 5.41) is 2.73. The average molecular weight is 786 g/mol. The van der Waals surface area contributed by atoms with Crippen LogP contribution in [0.4, 0.5) is 0 Å². The van der Waals surface area contributed by atoms with E-state index in [0.29, 0.717) is 16.7 Å². The molecule has 4 aromatic rings. The second-order valence-electron chi connectivity index (χ2n) is 15.5. The van der Waals surface area contributed by atoms with Gasteiger partial charge in [-0.3, -0.25) is 18.6 Å². The fourth-order valence-electron chi connectivity index (χ4n) is 5.89. The van der Waals surface area contributed by atoms with Crippen LogP contribution in [0, 0.1) is 17.8 Å². The number of nitrogens with one attached hydrogen (secondary N) is 1.